The van der Waals surface area contributed by atoms with Crippen LogP contribution in [-0.2, 0) is 6.54 Å². The van der Waals surface area contributed by atoms with Crippen molar-refractivity contribution in [3.8, 4) is 0 Å². The lowest BCUT2D eigenvalue weighted by molar-refractivity contribution is 0.0709. The Labute approximate surface area is 141 Å². The van der Waals surface area contributed by atoms with Crippen LogP contribution in [-0.4, -0.2) is 33.4 Å². The number of carbonyl (C=O) groups is 1. The fraction of sp³-hybridized carbons (Fsp3) is 0.529. The van der Waals surface area contributed by atoms with E-state index in [4.69, 9.17) is 5.73 Å². The van der Waals surface area contributed by atoms with Gasteiger partial charge in [0.05, 0.1) is 5.69 Å². The molecule has 1 fully saturated rings. The van der Waals surface area contributed by atoms with Crippen LogP contribution in [0.5, 0.6) is 0 Å². The van der Waals surface area contributed by atoms with Gasteiger partial charge < -0.3 is 15.2 Å². The molecule has 0 bridgehead atoms. The third kappa shape index (κ3) is 3.42. The summed E-state index contributed by atoms with van der Waals surface area (Å²) in [5.41, 5.74) is 6.49. The molecule has 1 unspecified atom stereocenters. The number of hydrogen-bond donors (Lipinski definition) is 1. The lowest BCUT2D eigenvalue weighted by atomic mass is 9.97. The van der Waals surface area contributed by atoms with Crippen LogP contribution < -0.4 is 5.73 Å². The molecule has 0 radical (unpaired) electrons. The molecule has 0 aliphatic carbocycles. The predicted octanol–water partition coefficient (Wildman–Crippen LogP) is 3.35. The molecule has 2 aromatic rings. The lowest BCUT2D eigenvalue weighted by Crippen LogP contribution is -2.39. The number of piperidine rings is 1. The van der Waals surface area contributed by atoms with Crippen LogP contribution in [0.3, 0.4) is 0 Å². The topological polar surface area (TPSA) is 64.2 Å². The number of aromatic nitrogens is 2. The summed E-state index contributed by atoms with van der Waals surface area (Å²) in [4.78, 5) is 19.9. The van der Waals surface area contributed by atoms with Gasteiger partial charge in [0.2, 0.25) is 0 Å². The summed E-state index contributed by atoms with van der Waals surface area (Å²) in [6, 6.07) is 1.80. The molecular formula is C17H24N4OS. The van der Waals surface area contributed by atoms with Gasteiger partial charge in [-0.3, -0.25) is 4.79 Å². The number of unbranched alkanes of at least 4 members (excludes halogenated alkanes) is 1. The summed E-state index contributed by atoms with van der Waals surface area (Å²) in [6.45, 7) is 4.75. The van der Waals surface area contributed by atoms with E-state index in [1.807, 2.05) is 16.5 Å². The number of anilines is 1. The molecule has 2 N–H and O–H groups in total. The Morgan fingerprint density at radius 3 is 3.13 bits per heavy atom. The smallest absolute Gasteiger partial charge is 0.266 e. The van der Waals surface area contributed by atoms with Gasteiger partial charge in [-0.15, -0.1) is 11.3 Å². The zero-order valence-electron chi connectivity index (χ0n) is 13.6. The number of aryl methyl sites for hydroxylation is 1. The Kier molecular flexibility index (Phi) is 5.00. The lowest BCUT2D eigenvalue weighted by Gasteiger charge is -2.32. The maximum absolute atomic E-state index is 12.7. The second-order valence-corrected chi connectivity index (χ2v) is 7.04. The molecule has 1 aliphatic heterocycles. The van der Waals surface area contributed by atoms with E-state index in [1.54, 1.807) is 6.07 Å². The predicted molar refractivity (Wildman–Crippen MR) is 93.7 cm³/mol. The van der Waals surface area contributed by atoms with Gasteiger partial charge in [0.1, 0.15) is 10.7 Å². The van der Waals surface area contributed by atoms with Crippen molar-refractivity contribution in [1.29, 1.82) is 0 Å². The Morgan fingerprint density at radius 1 is 1.52 bits per heavy atom. The number of nitrogen functional groups attached to an aromatic ring is 1. The van der Waals surface area contributed by atoms with Gasteiger partial charge in [-0.25, -0.2) is 4.98 Å². The van der Waals surface area contributed by atoms with E-state index in [0.29, 0.717) is 16.5 Å². The monoisotopic (exact) mass is 332 g/mol. The average Bonchev–Trinajstić information content (AvgIpc) is 3.21. The van der Waals surface area contributed by atoms with E-state index in [9.17, 15) is 4.79 Å². The van der Waals surface area contributed by atoms with Gasteiger partial charge in [0.25, 0.3) is 5.91 Å². The summed E-state index contributed by atoms with van der Waals surface area (Å²) >= 11 is 1.43. The quantitative estimate of drug-likeness (QED) is 0.913. The SMILES string of the molecule is CCCCn1ccnc1C1CCCN(C(=O)c2sccc2N)C1. The highest BCUT2D eigenvalue weighted by molar-refractivity contribution is 7.12. The van der Waals surface area contributed by atoms with Crippen molar-refractivity contribution in [2.24, 2.45) is 0 Å². The van der Waals surface area contributed by atoms with Crippen molar-refractivity contribution in [2.45, 2.75) is 45.1 Å². The second kappa shape index (κ2) is 7.17. The summed E-state index contributed by atoms with van der Waals surface area (Å²) in [6.07, 6.45) is 8.37. The maximum atomic E-state index is 12.7. The van der Waals surface area contributed by atoms with Gasteiger partial charge in [0, 0.05) is 37.9 Å². The Morgan fingerprint density at radius 2 is 2.39 bits per heavy atom. The fourth-order valence-corrected chi connectivity index (χ4v) is 3.99. The standard InChI is InChI=1S/C17H24N4OS/c1-2-3-8-20-10-7-19-16(20)13-5-4-9-21(12-13)17(22)15-14(18)6-11-23-15/h6-7,10-11,13H,2-5,8-9,12,18H2,1H3. The largest absolute Gasteiger partial charge is 0.397 e. The molecule has 124 valence electrons. The molecule has 5 nitrogen and oxygen atoms in total. The van der Waals surface area contributed by atoms with E-state index < -0.39 is 0 Å². The van der Waals surface area contributed by atoms with E-state index >= 15 is 0 Å². The third-order valence-electron chi connectivity index (χ3n) is 4.46. The maximum Gasteiger partial charge on any atom is 0.266 e. The van der Waals surface area contributed by atoms with Crippen LogP contribution in [0, 0.1) is 0 Å². The minimum absolute atomic E-state index is 0.0638. The molecule has 1 atom stereocenters. The number of carbonyl (C=O) groups excluding carboxylic acids is 1. The molecule has 2 aromatic heterocycles. The number of amides is 1. The molecule has 23 heavy (non-hydrogen) atoms. The van der Waals surface area contributed by atoms with E-state index in [0.717, 1.165) is 44.7 Å². The highest BCUT2D eigenvalue weighted by atomic mass is 32.1. The van der Waals surface area contributed by atoms with Gasteiger partial charge in [-0.1, -0.05) is 13.3 Å². The first-order valence-electron chi connectivity index (χ1n) is 8.34. The first kappa shape index (κ1) is 16.1. The number of nitrogens with two attached hydrogens (primary N) is 1. The summed E-state index contributed by atoms with van der Waals surface area (Å²) in [5.74, 6) is 1.50. The molecule has 0 saturated carbocycles. The molecule has 0 spiro atoms. The number of thiophene rings is 1. The van der Waals surface area contributed by atoms with E-state index in [2.05, 4.69) is 22.7 Å². The fourth-order valence-electron chi connectivity index (χ4n) is 3.21. The molecule has 1 aliphatic rings. The van der Waals surface area contributed by atoms with E-state index in [1.165, 1.54) is 17.8 Å². The summed E-state index contributed by atoms with van der Waals surface area (Å²) < 4.78 is 2.25. The third-order valence-corrected chi connectivity index (χ3v) is 5.38. The first-order chi connectivity index (χ1) is 11.2. The normalized spacial score (nSPS) is 18.3. The molecule has 1 amide bonds. The van der Waals surface area contributed by atoms with Crippen LogP contribution in [0.2, 0.25) is 0 Å². The molecule has 0 aromatic carbocycles. The van der Waals surface area contributed by atoms with Crippen LogP contribution in [0.15, 0.2) is 23.8 Å². The summed E-state index contributed by atoms with van der Waals surface area (Å²) in [5, 5.41) is 1.88. The minimum Gasteiger partial charge on any atom is -0.397 e. The van der Waals surface area contributed by atoms with Crippen LogP contribution in [0.25, 0.3) is 0 Å². The van der Waals surface area contributed by atoms with Crippen molar-refractivity contribution in [1.82, 2.24) is 14.5 Å². The van der Waals surface area contributed by atoms with Crippen LogP contribution in [0.4, 0.5) is 5.69 Å². The Hall–Kier alpha value is -1.82. The van der Waals surface area contributed by atoms with Crippen molar-refractivity contribution in [3.05, 3.63) is 34.5 Å². The van der Waals surface area contributed by atoms with Gasteiger partial charge in [-0.2, -0.15) is 0 Å². The zero-order chi connectivity index (χ0) is 16.2. The van der Waals surface area contributed by atoms with Crippen molar-refractivity contribution >= 4 is 22.9 Å². The van der Waals surface area contributed by atoms with Gasteiger partial charge in [-0.05, 0) is 30.7 Å². The molecule has 6 heteroatoms. The Balaban J connectivity index is 1.72. The molecule has 1 saturated heterocycles. The van der Waals surface area contributed by atoms with Crippen LogP contribution >= 0.6 is 11.3 Å². The van der Waals surface area contributed by atoms with Gasteiger partial charge >= 0.3 is 0 Å². The summed E-state index contributed by atoms with van der Waals surface area (Å²) in [7, 11) is 0. The molecule has 3 heterocycles. The number of nitrogens with zero attached hydrogens (tertiary/aromatic N) is 3. The van der Waals surface area contributed by atoms with Crippen LogP contribution in [0.1, 0.15) is 54.0 Å². The van der Waals surface area contributed by atoms with Crippen molar-refractivity contribution in [2.75, 3.05) is 18.8 Å². The number of rotatable bonds is 5. The van der Waals surface area contributed by atoms with Crippen molar-refractivity contribution < 1.29 is 4.79 Å². The molecule has 3 rings (SSSR count). The van der Waals surface area contributed by atoms with Gasteiger partial charge in [0.15, 0.2) is 0 Å². The molecular weight excluding hydrogens is 308 g/mol. The zero-order valence-corrected chi connectivity index (χ0v) is 14.4. The number of hydrogen-bond acceptors (Lipinski definition) is 4. The number of imidazole rings is 1. The van der Waals surface area contributed by atoms with Crippen molar-refractivity contribution in [3.63, 3.8) is 0 Å². The highest BCUT2D eigenvalue weighted by Crippen LogP contribution is 2.29. The number of likely N-dealkylation sites (tertiary alicyclic amines) is 1. The van der Waals surface area contributed by atoms with E-state index in [-0.39, 0.29) is 5.91 Å². The second-order valence-electron chi connectivity index (χ2n) is 6.13. The Bertz CT molecular complexity index is 663. The average molecular weight is 332 g/mol. The minimum atomic E-state index is 0.0638. The first-order valence-corrected chi connectivity index (χ1v) is 9.22. The highest BCUT2D eigenvalue weighted by Gasteiger charge is 2.29.